The maximum Gasteiger partial charge on any atom is 0.00750 e. The number of hydrogen-bond donors (Lipinski definition) is 3. The van der Waals surface area contributed by atoms with E-state index in [0.717, 1.165) is 13.1 Å². The van der Waals surface area contributed by atoms with E-state index >= 15 is 0 Å². The predicted octanol–water partition coefficient (Wildman–Crippen LogP) is 0.253. The smallest absolute Gasteiger partial charge is 0.00750 e. The van der Waals surface area contributed by atoms with Crippen molar-refractivity contribution >= 4 is 11.8 Å². The molecule has 0 unspecified atom stereocenters. The summed E-state index contributed by atoms with van der Waals surface area (Å²) in [6, 6.07) is 0. The van der Waals surface area contributed by atoms with Crippen LogP contribution in [-0.4, -0.2) is 37.7 Å². The SMILES string of the molecule is CCSCC.NCCNCCN. The summed E-state index contributed by atoms with van der Waals surface area (Å²) in [4.78, 5) is 0. The first-order valence-electron chi connectivity index (χ1n) is 4.52. The highest BCUT2D eigenvalue weighted by atomic mass is 32.2. The Morgan fingerprint density at radius 3 is 1.58 bits per heavy atom. The van der Waals surface area contributed by atoms with Crippen molar-refractivity contribution in [3.8, 4) is 0 Å². The summed E-state index contributed by atoms with van der Waals surface area (Å²) in [6.45, 7) is 7.48. The van der Waals surface area contributed by atoms with Crippen molar-refractivity contribution in [3.63, 3.8) is 0 Å². The molecule has 0 aromatic carbocycles. The lowest BCUT2D eigenvalue weighted by atomic mass is 10.6. The minimum Gasteiger partial charge on any atom is -0.329 e. The third-order valence-corrected chi connectivity index (χ3v) is 1.87. The highest BCUT2D eigenvalue weighted by molar-refractivity contribution is 7.99. The maximum atomic E-state index is 5.17. The van der Waals surface area contributed by atoms with E-state index in [4.69, 9.17) is 11.5 Å². The lowest BCUT2D eigenvalue weighted by Crippen LogP contribution is -2.27. The molecular formula is C8H23N3S. The van der Waals surface area contributed by atoms with Crippen LogP contribution < -0.4 is 16.8 Å². The van der Waals surface area contributed by atoms with Crippen LogP contribution >= 0.6 is 11.8 Å². The Labute approximate surface area is 80.7 Å². The number of thioether (sulfide) groups is 1. The minimum absolute atomic E-state index is 0.694. The normalized spacial score (nSPS) is 9.00. The average Bonchev–Trinajstić information content (AvgIpc) is 2.08. The lowest BCUT2D eigenvalue weighted by Gasteiger charge is -1.95. The molecule has 76 valence electrons. The molecule has 0 rings (SSSR count). The fourth-order valence-electron chi connectivity index (χ4n) is 0.533. The number of rotatable bonds is 6. The molecule has 0 heterocycles. The summed E-state index contributed by atoms with van der Waals surface area (Å²) >= 11 is 1.96. The maximum absolute atomic E-state index is 5.17. The lowest BCUT2D eigenvalue weighted by molar-refractivity contribution is 0.696. The molecule has 0 fully saturated rings. The highest BCUT2D eigenvalue weighted by Crippen LogP contribution is 1.93. The molecule has 0 saturated carbocycles. The van der Waals surface area contributed by atoms with E-state index in [9.17, 15) is 0 Å². The summed E-state index contributed by atoms with van der Waals surface area (Å²) in [6.07, 6.45) is 0. The van der Waals surface area contributed by atoms with Gasteiger partial charge in [0.25, 0.3) is 0 Å². The van der Waals surface area contributed by atoms with E-state index in [1.54, 1.807) is 0 Å². The average molecular weight is 193 g/mol. The van der Waals surface area contributed by atoms with Gasteiger partial charge in [0, 0.05) is 26.2 Å². The van der Waals surface area contributed by atoms with Gasteiger partial charge in [-0.3, -0.25) is 0 Å². The molecule has 12 heavy (non-hydrogen) atoms. The van der Waals surface area contributed by atoms with Crippen molar-refractivity contribution in [3.05, 3.63) is 0 Å². The third kappa shape index (κ3) is 22.5. The number of nitrogens with two attached hydrogens (primary N) is 2. The summed E-state index contributed by atoms with van der Waals surface area (Å²) in [5.41, 5.74) is 10.3. The molecule has 0 aliphatic rings. The molecule has 0 spiro atoms. The van der Waals surface area contributed by atoms with Gasteiger partial charge in [0.05, 0.1) is 0 Å². The predicted molar refractivity (Wildman–Crippen MR) is 59.7 cm³/mol. The number of hydrogen-bond acceptors (Lipinski definition) is 4. The Bertz CT molecular complexity index is 56.3. The van der Waals surface area contributed by atoms with Gasteiger partial charge in [0.2, 0.25) is 0 Å². The van der Waals surface area contributed by atoms with E-state index in [1.807, 2.05) is 11.8 Å². The largest absolute Gasteiger partial charge is 0.329 e. The molecular weight excluding hydrogens is 170 g/mol. The molecule has 3 nitrogen and oxygen atoms in total. The van der Waals surface area contributed by atoms with Crippen molar-refractivity contribution in [2.75, 3.05) is 37.7 Å². The second kappa shape index (κ2) is 17.4. The van der Waals surface area contributed by atoms with Gasteiger partial charge in [-0.1, -0.05) is 13.8 Å². The van der Waals surface area contributed by atoms with Gasteiger partial charge in [-0.2, -0.15) is 11.8 Å². The van der Waals surface area contributed by atoms with E-state index in [-0.39, 0.29) is 0 Å². The molecule has 0 aromatic rings. The van der Waals surface area contributed by atoms with Crippen LogP contribution in [0.3, 0.4) is 0 Å². The van der Waals surface area contributed by atoms with Crippen LogP contribution in [0.5, 0.6) is 0 Å². The minimum atomic E-state index is 0.694. The second-order valence-corrected chi connectivity index (χ2v) is 3.67. The van der Waals surface area contributed by atoms with Gasteiger partial charge in [-0.15, -0.1) is 0 Å². The topological polar surface area (TPSA) is 64.1 Å². The van der Waals surface area contributed by atoms with Gasteiger partial charge < -0.3 is 16.8 Å². The van der Waals surface area contributed by atoms with Crippen LogP contribution in [0.2, 0.25) is 0 Å². The standard InChI is InChI=1S/C4H13N3.C4H10S/c5-1-3-7-4-2-6;1-3-5-4-2/h7H,1-6H2;3-4H2,1-2H3. The third-order valence-electron chi connectivity index (χ3n) is 1.05. The zero-order valence-electron chi connectivity index (χ0n) is 8.31. The van der Waals surface area contributed by atoms with Gasteiger partial charge in [-0.05, 0) is 11.5 Å². The van der Waals surface area contributed by atoms with Crippen LogP contribution in [0, 0.1) is 0 Å². The molecule has 0 aliphatic heterocycles. The fraction of sp³-hybridized carbons (Fsp3) is 1.00. The summed E-state index contributed by atoms with van der Waals surface area (Å²) < 4.78 is 0. The van der Waals surface area contributed by atoms with Gasteiger partial charge >= 0.3 is 0 Å². The summed E-state index contributed by atoms with van der Waals surface area (Å²) in [7, 11) is 0. The van der Waals surface area contributed by atoms with Crippen LogP contribution in [-0.2, 0) is 0 Å². The van der Waals surface area contributed by atoms with E-state index in [1.165, 1.54) is 11.5 Å². The van der Waals surface area contributed by atoms with E-state index in [0.29, 0.717) is 13.1 Å². The first-order chi connectivity index (χ1) is 5.83. The Kier molecular flexibility index (Phi) is 21.3. The molecule has 0 atom stereocenters. The Hall–Kier alpha value is 0.230. The zero-order valence-corrected chi connectivity index (χ0v) is 9.12. The van der Waals surface area contributed by atoms with Crippen LogP contribution in [0.4, 0.5) is 0 Å². The van der Waals surface area contributed by atoms with Crippen molar-refractivity contribution in [1.29, 1.82) is 0 Å². The van der Waals surface area contributed by atoms with Crippen LogP contribution in [0.15, 0.2) is 0 Å². The molecule has 5 N–H and O–H groups in total. The molecule has 0 bridgehead atoms. The van der Waals surface area contributed by atoms with E-state index in [2.05, 4.69) is 19.2 Å². The molecule has 0 amide bonds. The van der Waals surface area contributed by atoms with Crippen LogP contribution in [0.1, 0.15) is 13.8 Å². The highest BCUT2D eigenvalue weighted by Gasteiger charge is 1.76. The molecule has 4 heteroatoms. The zero-order chi connectivity index (χ0) is 9.66. The molecule has 0 saturated heterocycles. The summed E-state index contributed by atoms with van der Waals surface area (Å²) in [5, 5.41) is 3.03. The Morgan fingerprint density at radius 2 is 1.42 bits per heavy atom. The van der Waals surface area contributed by atoms with E-state index < -0.39 is 0 Å². The number of nitrogens with one attached hydrogen (secondary N) is 1. The van der Waals surface area contributed by atoms with Crippen molar-refractivity contribution in [2.24, 2.45) is 11.5 Å². The quantitative estimate of drug-likeness (QED) is 0.529. The first-order valence-corrected chi connectivity index (χ1v) is 5.67. The second-order valence-electron chi connectivity index (χ2n) is 2.11. The molecule has 0 radical (unpaired) electrons. The van der Waals surface area contributed by atoms with Crippen molar-refractivity contribution in [1.82, 2.24) is 5.32 Å². The van der Waals surface area contributed by atoms with Gasteiger partial charge in [0.15, 0.2) is 0 Å². The van der Waals surface area contributed by atoms with Crippen molar-refractivity contribution in [2.45, 2.75) is 13.8 Å². The molecule has 0 aromatic heterocycles. The Morgan fingerprint density at radius 1 is 1.00 bits per heavy atom. The van der Waals surface area contributed by atoms with Gasteiger partial charge in [-0.25, -0.2) is 0 Å². The first kappa shape index (κ1) is 14.7. The van der Waals surface area contributed by atoms with Gasteiger partial charge in [0.1, 0.15) is 0 Å². The Balaban J connectivity index is 0. The fourth-order valence-corrected chi connectivity index (χ4v) is 0.941. The van der Waals surface area contributed by atoms with Crippen LogP contribution in [0.25, 0.3) is 0 Å². The van der Waals surface area contributed by atoms with Crippen molar-refractivity contribution < 1.29 is 0 Å². The summed E-state index contributed by atoms with van der Waals surface area (Å²) in [5.74, 6) is 2.52. The molecule has 0 aliphatic carbocycles. The monoisotopic (exact) mass is 193 g/mol.